The third-order valence-electron chi connectivity index (χ3n) is 13.9. The highest BCUT2D eigenvalue weighted by Gasteiger charge is 2.06. The highest BCUT2D eigenvalue weighted by atomic mass is 32.2. The number of ketones is 1. The Kier molecular flexibility index (Phi) is 51.0. The molecule has 7 rings (SSSR count). The average Bonchev–Trinajstić information content (AvgIpc) is 3.72. The lowest BCUT2D eigenvalue weighted by molar-refractivity contribution is -0.120. The summed E-state index contributed by atoms with van der Waals surface area (Å²) < 4.78 is 5.48. The minimum atomic E-state index is 0.113. The summed E-state index contributed by atoms with van der Waals surface area (Å²) in [6, 6.07) is 72.0. The number of amides is 1. The van der Waals surface area contributed by atoms with Gasteiger partial charge in [-0.15, -0.1) is 0 Å². The average molecular weight is 1300 g/mol. The maximum absolute atomic E-state index is 11.7. The molecular weight excluding hydrogens is 1170 g/mol. The summed E-state index contributed by atoms with van der Waals surface area (Å²) in [5.41, 5.74) is 11.1. The lowest BCUT2D eigenvalue weighted by Gasteiger charge is -2.12. The number of thioether (sulfide) groups is 1. The van der Waals surface area contributed by atoms with E-state index >= 15 is 0 Å². The van der Waals surface area contributed by atoms with E-state index in [0.717, 1.165) is 118 Å². The van der Waals surface area contributed by atoms with Crippen molar-refractivity contribution in [3.05, 3.63) is 276 Å². The van der Waals surface area contributed by atoms with Gasteiger partial charge in [0.1, 0.15) is 5.78 Å². The molecule has 0 bridgehead atoms. The van der Waals surface area contributed by atoms with Crippen molar-refractivity contribution in [1.82, 2.24) is 21.3 Å². The third kappa shape index (κ3) is 53.4. The zero-order valence-corrected chi connectivity index (χ0v) is 61.6. The maximum atomic E-state index is 11.7. The molecule has 0 radical (unpaired) electrons. The number of unbranched alkanes of at least 4 members (excludes halogenated alkanes) is 1. The van der Waals surface area contributed by atoms with Gasteiger partial charge in [0.15, 0.2) is 0 Å². The zero-order chi connectivity index (χ0) is 69.4. The second kappa shape index (κ2) is 56.4. The van der Waals surface area contributed by atoms with Gasteiger partial charge in [-0.05, 0) is 112 Å². The largest absolute Gasteiger partial charge is 0.385 e. The Morgan fingerprint density at radius 1 is 0.415 bits per heavy atom. The van der Waals surface area contributed by atoms with Crippen LogP contribution < -0.4 is 21.3 Å². The molecule has 0 heterocycles. The monoisotopic (exact) mass is 1290 g/mol. The van der Waals surface area contributed by atoms with Gasteiger partial charge in [-0.3, -0.25) is 9.59 Å². The number of hydrogen-bond donors (Lipinski definition) is 4. The summed E-state index contributed by atoms with van der Waals surface area (Å²) in [6.07, 6.45) is 7.37. The van der Waals surface area contributed by atoms with Crippen LogP contribution in [0.15, 0.2) is 237 Å². The standard InChI is InChI=1S/C15H22O.C13H19NO.C13H19N.C12H17N.C11H17N.C11H16O.C11H16S/c1-13(2)8-6-7-11-15(16)12-14-9-4-3-5-10-14;1-11(2)8-9-14-13(15)10-12-6-4-3-5-7-12;1-11(2)9-12(3)14-10-13-7-5-4-6-8-13;1-10(2)11(3)13-9-12-7-5-4-6-8-12;3*1-10(2)8-12-9-11-6-4-3-5-7-11/h3-5,9-10,13H,6-8,11-12H2,1-2H3;3-7,11H,8-10H2,1-2H3,(H,14,15);4-8,11,14H,3,9-10H2,1-2H3;4-8,10,13H,3,9H2,1-2H3;3-7,10,12H,8-9H2,1-2H3;2*3-7,10H,8-9H2,1-2H3. The van der Waals surface area contributed by atoms with Crippen LogP contribution in [-0.4, -0.2) is 37.1 Å². The van der Waals surface area contributed by atoms with Crippen LogP contribution in [0.1, 0.15) is 174 Å². The number of nitrogens with one attached hydrogen (secondary N) is 4. The van der Waals surface area contributed by atoms with Crippen LogP contribution in [0.2, 0.25) is 0 Å². The molecule has 1 amide bonds. The molecule has 0 aliphatic rings. The molecule has 514 valence electrons. The van der Waals surface area contributed by atoms with Crippen LogP contribution >= 0.6 is 11.8 Å². The van der Waals surface area contributed by atoms with Gasteiger partial charge in [0.2, 0.25) is 5.91 Å². The molecule has 0 atom stereocenters. The van der Waals surface area contributed by atoms with Crippen LogP contribution in [0.5, 0.6) is 0 Å². The lowest BCUT2D eigenvalue weighted by Crippen LogP contribution is -2.26. The molecule has 94 heavy (non-hydrogen) atoms. The van der Waals surface area contributed by atoms with Gasteiger partial charge in [0.25, 0.3) is 0 Å². The summed E-state index contributed by atoms with van der Waals surface area (Å²) in [4.78, 5) is 23.1. The van der Waals surface area contributed by atoms with Gasteiger partial charge < -0.3 is 26.0 Å². The fraction of sp³-hybridized carbons (Fsp3) is 0.442. The number of carbonyl (C=O) groups excluding carboxylic acids is 2. The van der Waals surface area contributed by atoms with Gasteiger partial charge in [0.05, 0.1) is 13.0 Å². The Bertz CT molecular complexity index is 2750. The van der Waals surface area contributed by atoms with E-state index in [1.807, 2.05) is 109 Å². The molecule has 0 spiro atoms. The first-order valence-corrected chi connectivity index (χ1v) is 36.0. The van der Waals surface area contributed by atoms with E-state index in [0.29, 0.717) is 42.3 Å². The highest BCUT2D eigenvalue weighted by molar-refractivity contribution is 7.98. The van der Waals surface area contributed by atoms with Crippen molar-refractivity contribution in [3.63, 3.8) is 0 Å². The Balaban J connectivity index is 0.000000550. The number of carbonyl (C=O) groups is 2. The molecule has 0 saturated carbocycles. The summed E-state index contributed by atoms with van der Waals surface area (Å²) in [7, 11) is 0. The Morgan fingerprint density at radius 2 is 0.830 bits per heavy atom. The van der Waals surface area contributed by atoms with Crippen molar-refractivity contribution in [2.75, 3.05) is 25.4 Å². The molecule has 8 heteroatoms. The third-order valence-corrected chi connectivity index (χ3v) is 15.4. The smallest absolute Gasteiger partial charge is 0.224 e. The normalized spacial score (nSPS) is 10.4. The molecule has 0 saturated heterocycles. The number of rotatable bonds is 33. The Hall–Kier alpha value is -6.97. The molecule has 4 N–H and O–H groups in total. The zero-order valence-electron chi connectivity index (χ0n) is 60.8. The highest BCUT2D eigenvalue weighted by Crippen LogP contribution is 2.15. The number of ether oxygens (including phenoxy) is 1. The van der Waals surface area contributed by atoms with Crippen LogP contribution in [0, 0.1) is 41.4 Å². The summed E-state index contributed by atoms with van der Waals surface area (Å²) in [5, 5.41) is 13.0. The van der Waals surface area contributed by atoms with Crippen LogP contribution in [-0.2, 0) is 59.2 Å². The first-order valence-electron chi connectivity index (χ1n) is 34.9. The molecule has 0 aliphatic carbocycles. The van der Waals surface area contributed by atoms with Gasteiger partial charge in [-0.2, -0.15) is 11.8 Å². The van der Waals surface area contributed by atoms with E-state index in [2.05, 4.69) is 247 Å². The molecule has 0 aromatic heterocycles. The molecule has 0 aliphatic heterocycles. The number of hydrogen-bond acceptors (Lipinski definition) is 7. The quantitative estimate of drug-likeness (QED) is 0.0305. The lowest BCUT2D eigenvalue weighted by atomic mass is 10.0. The first kappa shape index (κ1) is 85.0. The number of Topliss-reactive ketones (excluding diaryl/α,β-unsaturated/α-hetero) is 1. The van der Waals surface area contributed by atoms with E-state index in [1.54, 1.807) is 0 Å². The van der Waals surface area contributed by atoms with Crippen molar-refractivity contribution in [2.45, 2.75) is 180 Å². The van der Waals surface area contributed by atoms with Crippen LogP contribution in [0.3, 0.4) is 0 Å². The van der Waals surface area contributed by atoms with Crippen molar-refractivity contribution < 1.29 is 14.3 Å². The first-order chi connectivity index (χ1) is 45.1. The van der Waals surface area contributed by atoms with E-state index in [9.17, 15) is 9.59 Å². The molecule has 7 aromatic rings. The van der Waals surface area contributed by atoms with Gasteiger partial charge >= 0.3 is 0 Å². The number of allylic oxidation sites excluding steroid dienone is 2. The molecule has 0 unspecified atom stereocenters. The number of benzene rings is 7. The maximum Gasteiger partial charge on any atom is 0.224 e. The Labute approximate surface area is 578 Å². The van der Waals surface area contributed by atoms with E-state index in [-0.39, 0.29) is 5.91 Å². The van der Waals surface area contributed by atoms with Crippen molar-refractivity contribution in [2.24, 2.45) is 41.4 Å². The fourth-order valence-corrected chi connectivity index (χ4v) is 9.63. The summed E-state index contributed by atoms with van der Waals surface area (Å²) in [5.74, 6) is 7.62. The predicted octanol–water partition coefficient (Wildman–Crippen LogP) is 21.6. The second-order valence-electron chi connectivity index (χ2n) is 26.9. The molecular formula is C86H126N4O3S. The second-order valence-corrected chi connectivity index (χ2v) is 27.9. The minimum absolute atomic E-state index is 0.113. The van der Waals surface area contributed by atoms with Crippen LogP contribution in [0.25, 0.3) is 0 Å². The molecule has 7 nitrogen and oxygen atoms in total. The van der Waals surface area contributed by atoms with E-state index in [4.69, 9.17) is 4.74 Å². The van der Waals surface area contributed by atoms with Crippen LogP contribution in [0.4, 0.5) is 0 Å². The Morgan fingerprint density at radius 3 is 1.24 bits per heavy atom. The predicted molar refractivity (Wildman–Crippen MR) is 412 cm³/mol. The van der Waals surface area contributed by atoms with Crippen molar-refractivity contribution in [3.8, 4) is 0 Å². The topological polar surface area (TPSA) is 91.5 Å². The molecule has 7 aromatic carbocycles. The van der Waals surface area contributed by atoms with E-state index < -0.39 is 0 Å². The summed E-state index contributed by atoms with van der Waals surface area (Å²) in [6.45, 7) is 44.9. The van der Waals surface area contributed by atoms with Gasteiger partial charge in [-0.1, -0.05) is 335 Å². The molecule has 0 fully saturated rings. The van der Waals surface area contributed by atoms with E-state index in [1.165, 1.54) is 46.4 Å². The van der Waals surface area contributed by atoms with Crippen molar-refractivity contribution >= 4 is 23.5 Å². The van der Waals surface area contributed by atoms with Gasteiger partial charge in [-0.25, -0.2) is 0 Å². The minimum Gasteiger partial charge on any atom is -0.385 e. The summed E-state index contributed by atoms with van der Waals surface area (Å²) >= 11 is 2.01. The fourth-order valence-electron chi connectivity index (χ4n) is 8.61. The van der Waals surface area contributed by atoms with Crippen molar-refractivity contribution in [1.29, 1.82) is 0 Å². The van der Waals surface area contributed by atoms with Gasteiger partial charge in [0, 0.05) is 62.8 Å². The SMILES string of the molecule is C=C(CC(C)C)NCc1ccccc1.C=C(NCc1ccccc1)C(C)C.CC(C)CCCCC(=O)Cc1ccccc1.CC(C)CCNC(=O)Cc1ccccc1.CC(C)CNCc1ccccc1.CC(C)COCc1ccccc1.CC(C)CSCc1ccccc1.